The Labute approximate surface area is 299 Å². The number of para-hydroxylation sites is 6. The number of hydrogen-bond acceptors (Lipinski definition) is 2. The van der Waals surface area contributed by atoms with E-state index < -0.39 is 0 Å². The summed E-state index contributed by atoms with van der Waals surface area (Å²) in [4.78, 5) is 2.34. The topological polar surface area (TPSA) is 26.2 Å². The fourth-order valence-electron chi connectivity index (χ4n) is 8.32. The highest BCUT2D eigenvalue weighted by atomic mass is 16.3. The minimum absolute atomic E-state index is 0.868. The first-order valence-corrected chi connectivity index (χ1v) is 17.7. The molecule has 244 valence electrons. The molecule has 0 aliphatic carbocycles. The molecule has 0 unspecified atom stereocenters. The third-order valence-electron chi connectivity index (χ3n) is 10.5. The van der Waals surface area contributed by atoms with Gasteiger partial charge < -0.3 is 18.5 Å². The lowest BCUT2D eigenvalue weighted by atomic mass is 10.0. The number of nitrogens with zero attached hydrogens (tertiary/aromatic N) is 3. The van der Waals surface area contributed by atoms with Gasteiger partial charge in [0.25, 0.3) is 0 Å². The van der Waals surface area contributed by atoms with Crippen molar-refractivity contribution in [1.82, 2.24) is 9.13 Å². The number of aromatic nitrogens is 2. The van der Waals surface area contributed by atoms with E-state index >= 15 is 0 Å². The normalized spacial score (nSPS) is 11.8. The van der Waals surface area contributed by atoms with Crippen LogP contribution in [-0.4, -0.2) is 9.13 Å². The van der Waals surface area contributed by atoms with Gasteiger partial charge in [-0.3, -0.25) is 0 Å². The molecular formula is C48H31N3O. The van der Waals surface area contributed by atoms with Crippen LogP contribution in [0.2, 0.25) is 0 Å². The maximum absolute atomic E-state index is 6.63. The lowest BCUT2D eigenvalue weighted by Gasteiger charge is -2.25. The van der Waals surface area contributed by atoms with Crippen molar-refractivity contribution >= 4 is 82.6 Å². The SMILES string of the molecule is c1ccc(N(c2ccc3c(c2)c2c4c5ccccc5n(-c5ccccc5)c4ccc2n3-c2ccccc2)c2cccc3c2oc2ccccc23)cc1. The number of fused-ring (bicyclic) bond motifs is 10. The first-order valence-electron chi connectivity index (χ1n) is 17.7. The van der Waals surface area contributed by atoms with Crippen molar-refractivity contribution in [3.8, 4) is 11.4 Å². The second kappa shape index (κ2) is 11.2. The number of rotatable bonds is 5. The zero-order chi connectivity index (χ0) is 34.2. The third-order valence-corrected chi connectivity index (χ3v) is 10.5. The molecule has 0 aliphatic heterocycles. The zero-order valence-corrected chi connectivity index (χ0v) is 28.1. The number of anilines is 3. The third kappa shape index (κ3) is 4.15. The molecule has 0 N–H and O–H groups in total. The van der Waals surface area contributed by atoms with Gasteiger partial charge in [-0.2, -0.15) is 0 Å². The largest absolute Gasteiger partial charge is 0.454 e. The predicted molar refractivity (Wildman–Crippen MR) is 217 cm³/mol. The second-order valence-electron chi connectivity index (χ2n) is 13.3. The van der Waals surface area contributed by atoms with Crippen molar-refractivity contribution in [2.45, 2.75) is 0 Å². The standard InChI is InChI=1S/C48H31N3O/c1-4-15-32(16-5-1)49(44-25-14-23-37-36-21-11-13-26-45(36)52-48(37)44)35-27-28-41-39(31-35)47-43(51(41)34-19-8-3-9-20-34)30-29-42-46(47)38-22-10-12-24-40(38)50(42)33-17-6-2-7-18-33/h1-31H. The fourth-order valence-corrected chi connectivity index (χ4v) is 8.32. The van der Waals surface area contributed by atoms with Gasteiger partial charge in [-0.15, -0.1) is 0 Å². The van der Waals surface area contributed by atoms with Crippen LogP contribution in [0.5, 0.6) is 0 Å². The summed E-state index contributed by atoms with van der Waals surface area (Å²) < 4.78 is 11.4. The van der Waals surface area contributed by atoms with Gasteiger partial charge in [0.15, 0.2) is 5.58 Å². The van der Waals surface area contributed by atoms with E-state index in [1.54, 1.807) is 0 Å². The van der Waals surface area contributed by atoms with Crippen molar-refractivity contribution in [3.63, 3.8) is 0 Å². The summed E-state index contributed by atoms with van der Waals surface area (Å²) in [6.45, 7) is 0. The van der Waals surface area contributed by atoms with Crippen LogP contribution in [0.15, 0.2) is 192 Å². The Balaban J connectivity index is 1.27. The lowest BCUT2D eigenvalue weighted by Crippen LogP contribution is -2.10. The molecule has 0 saturated heterocycles. The van der Waals surface area contributed by atoms with Crippen LogP contribution in [0, 0.1) is 0 Å². The van der Waals surface area contributed by atoms with E-state index in [0.29, 0.717) is 0 Å². The first kappa shape index (κ1) is 28.8. The van der Waals surface area contributed by atoms with E-state index in [1.807, 2.05) is 12.1 Å². The molecule has 0 atom stereocenters. The minimum atomic E-state index is 0.868. The molecule has 0 spiro atoms. The van der Waals surface area contributed by atoms with Crippen LogP contribution in [0.1, 0.15) is 0 Å². The molecule has 11 rings (SSSR count). The second-order valence-corrected chi connectivity index (χ2v) is 13.3. The van der Waals surface area contributed by atoms with E-state index in [2.05, 4.69) is 190 Å². The number of hydrogen-bond donors (Lipinski definition) is 0. The van der Waals surface area contributed by atoms with E-state index in [-0.39, 0.29) is 0 Å². The zero-order valence-electron chi connectivity index (χ0n) is 28.1. The van der Waals surface area contributed by atoms with Gasteiger partial charge in [-0.1, -0.05) is 103 Å². The highest BCUT2D eigenvalue weighted by Gasteiger charge is 2.23. The monoisotopic (exact) mass is 665 g/mol. The Morgan fingerprint density at radius 1 is 0.365 bits per heavy atom. The van der Waals surface area contributed by atoms with E-state index in [9.17, 15) is 0 Å². The molecule has 0 aliphatic rings. The predicted octanol–water partition coefficient (Wildman–Crippen LogP) is 13.2. The van der Waals surface area contributed by atoms with Crippen LogP contribution in [-0.2, 0) is 0 Å². The Morgan fingerprint density at radius 3 is 1.62 bits per heavy atom. The summed E-state index contributed by atoms with van der Waals surface area (Å²) in [6, 6.07) is 67.1. The molecule has 4 nitrogen and oxygen atoms in total. The number of benzene rings is 8. The number of furan rings is 1. The van der Waals surface area contributed by atoms with Crippen molar-refractivity contribution < 1.29 is 4.42 Å². The quantitative estimate of drug-likeness (QED) is 0.183. The van der Waals surface area contributed by atoms with Crippen molar-refractivity contribution in [2.24, 2.45) is 0 Å². The summed E-state index contributed by atoms with van der Waals surface area (Å²) in [5.74, 6) is 0. The maximum atomic E-state index is 6.63. The van der Waals surface area contributed by atoms with Crippen molar-refractivity contribution in [1.29, 1.82) is 0 Å². The molecule has 4 heteroatoms. The van der Waals surface area contributed by atoms with Gasteiger partial charge >= 0.3 is 0 Å². The highest BCUT2D eigenvalue weighted by molar-refractivity contribution is 6.29. The maximum Gasteiger partial charge on any atom is 0.159 e. The van der Waals surface area contributed by atoms with Crippen LogP contribution in [0.25, 0.3) is 76.9 Å². The van der Waals surface area contributed by atoms with Gasteiger partial charge in [0.2, 0.25) is 0 Å². The van der Waals surface area contributed by atoms with Crippen LogP contribution in [0.3, 0.4) is 0 Å². The van der Waals surface area contributed by atoms with E-state index in [4.69, 9.17) is 4.42 Å². The Bertz CT molecular complexity index is 3120. The summed E-state index contributed by atoms with van der Waals surface area (Å²) >= 11 is 0. The van der Waals surface area contributed by atoms with Crippen molar-refractivity contribution in [2.75, 3.05) is 4.90 Å². The highest BCUT2D eigenvalue weighted by Crippen LogP contribution is 2.46. The summed E-state index contributed by atoms with van der Waals surface area (Å²) in [7, 11) is 0. The molecule has 0 saturated carbocycles. The van der Waals surface area contributed by atoms with Gasteiger partial charge in [0.1, 0.15) is 5.58 Å². The Morgan fingerprint density at radius 2 is 0.904 bits per heavy atom. The average molecular weight is 666 g/mol. The summed E-state index contributed by atoms with van der Waals surface area (Å²) in [6.07, 6.45) is 0. The van der Waals surface area contributed by atoms with E-state index in [1.165, 1.54) is 38.1 Å². The lowest BCUT2D eigenvalue weighted by molar-refractivity contribution is 0.669. The van der Waals surface area contributed by atoms with Gasteiger partial charge in [-0.05, 0) is 84.9 Å². The van der Waals surface area contributed by atoms with Gasteiger partial charge in [0, 0.05) is 55.1 Å². The molecule has 0 amide bonds. The van der Waals surface area contributed by atoms with Crippen LogP contribution in [0.4, 0.5) is 17.1 Å². The van der Waals surface area contributed by atoms with Crippen LogP contribution < -0.4 is 4.90 Å². The summed E-state index contributed by atoms with van der Waals surface area (Å²) in [5, 5.41) is 7.13. The van der Waals surface area contributed by atoms with Gasteiger partial charge in [-0.25, -0.2) is 0 Å². The molecule has 52 heavy (non-hydrogen) atoms. The molecule has 0 bridgehead atoms. The molecule has 8 aromatic carbocycles. The smallest absolute Gasteiger partial charge is 0.159 e. The summed E-state index contributed by atoms with van der Waals surface area (Å²) in [5.41, 5.74) is 11.9. The average Bonchev–Trinajstić information content (AvgIpc) is 3.87. The fraction of sp³-hybridized carbons (Fsp3) is 0. The van der Waals surface area contributed by atoms with Gasteiger partial charge in [0.05, 0.1) is 27.8 Å². The molecule has 11 aromatic rings. The Hall–Kier alpha value is -7.04. The molecule has 0 radical (unpaired) electrons. The van der Waals surface area contributed by atoms with E-state index in [0.717, 1.165) is 55.9 Å². The molecule has 3 heterocycles. The first-order chi connectivity index (χ1) is 25.8. The molecule has 3 aromatic heterocycles. The minimum Gasteiger partial charge on any atom is -0.454 e. The Kier molecular flexibility index (Phi) is 6.22. The molecule has 0 fully saturated rings. The van der Waals surface area contributed by atoms with Crippen LogP contribution >= 0.6 is 0 Å². The molecular weight excluding hydrogens is 635 g/mol. The van der Waals surface area contributed by atoms with Crippen molar-refractivity contribution in [3.05, 3.63) is 188 Å².